The van der Waals surface area contributed by atoms with E-state index in [0.29, 0.717) is 34.2 Å². The normalized spacial score (nSPS) is 16.6. The van der Waals surface area contributed by atoms with Gasteiger partial charge in [-0.2, -0.15) is 5.10 Å². The van der Waals surface area contributed by atoms with Crippen LogP contribution in [0, 0.1) is 12.8 Å². The quantitative estimate of drug-likeness (QED) is 0.274. The Morgan fingerprint density at radius 3 is 2.88 bits per heavy atom. The van der Waals surface area contributed by atoms with Crippen molar-refractivity contribution in [1.82, 2.24) is 29.6 Å². The van der Waals surface area contributed by atoms with Gasteiger partial charge in [0.1, 0.15) is 5.65 Å². The number of nitrogens with one attached hydrogen (secondary N) is 3. The van der Waals surface area contributed by atoms with Crippen molar-refractivity contribution in [2.45, 2.75) is 13.3 Å². The maximum absolute atomic E-state index is 13.1. The Morgan fingerprint density at radius 1 is 1.12 bits per heavy atom. The van der Waals surface area contributed by atoms with E-state index in [4.69, 9.17) is 0 Å². The molecule has 0 radical (unpaired) electrons. The lowest BCUT2D eigenvalue weighted by atomic mass is 9.99. The molecule has 5 heterocycles. The minimum Gasteiger partial charge on any atom is -0.339 e. The van der Waals surface area contributed by atoms with Gasteiger partial charge in [0.2, 0.25) is 5.91 Å². The lowest BCUT2D eigenvalue weighted by Gasteiger charge is -2.16. The molecule has 10 nitrogen and oxygen atoms in total. The number of rotatable bonds is 7. The van der Waals surface area contributed by atoms with E-state index in [9.17, 15) is 9.59 Å². The molecule has 4 aromatic heterocycles. The highest BCUT2D eigenvalue weighted by Gasteiger charge is 2.26. The molecule has 2 aliphatic rings. The Kier molecular flexibility index (Phi) is 7.16. The summed E-state index contributed by atoms with van der Waals surface area (Å²) in [6, 6.07) is 5.46. The Hall–Kier alpha value is -5.05. The van der Waals surface area contributed by atoms with Crippen LogP contribution in [0.3, 0.4) is 0 Å². The van der Waals surface area contributed by atoms with E-state index < -0.39 is 0 Å². The van der Waals surface area contributed by atoms with Crippen molar-refractivity contribution in [1.29, 1.82) is 0 Å². The minimum atomic E-state index is -0.314. The molecule has 0 bridgehead atoms. The molecule has 1 fully saturated rings. The molecule has 1 aliphatic carbocycles. The highest BCUT2D eigenvalue weighted by Crippen LogP contribution is 2.26. The maximum atomic E-state index is 13.1. The van der Waals surface area contributed by atoms with Gasteiger partial charge in [-0.3, -0.25) is 24.2 Å². The van der Waals surface area contributed by atoms with Crippen LogP contribution in [-0.2, 0) is 11.8 Å². The zero-order valence-electron chi connectivity index (χ0n) is 22.9. The second-order valence-corrected chi connectivity index (χ2v) is 10.3. The van der Waals surface area contributed by atoms with Crippen molar-refractivity contribution in [2.24, 2.45) is 13.0 Å². The summed E-state index contributed by atoms with van der Waals surface area (Å²) in [4.78, 5) is 40.2. The molecule has 1 unspecified atom stereocenters. The third kappa shape index (κ3) is 5.94. The molecule has 0 spiro atoms. The SMILES string of the molecule is Cc1ncc(NC(=O)CN2CCC(C3=C=CC=CC=C3)C2)cc1NC(=O)c1cnc2[nH]c(-c3cnn(C)c3)cc2c1.[HH].[HH].[HH]. The summed E-state index contributed by atoms with van der Waals surface area (Å²) in [5.41, 5.74) is 9.09. The second-order valence-electron chi connectivity index (χ2n) is 10.3. The first-order valence-electron chi connectivity index (χ1n) is 13.5. The van der Waals surface area contributed by atoms with Gasteiger partial charge in [-0.05, 0) is 49.7 Å². The van der Waals surface area contributed by atoms with E-state index in [0.717, 1.165) is 36.2 Å². The number of aryl methyl sites for hydroxylation is 2. The van der Waals surface area contributed by atoms with Crippen molar-refractivity contribution < 1.29 is 13.9 Å². The molecule has 3 N–H and O–H groups in total. The zero-order chi connectivity index (χ0) is 28.3. The van der Waals surface area contributed by atoms with Crippen molar-refractivity contribution in [3.05, 3.63) is 95.9 Å². The number of nitrogens with zero attached hydrogens (tertiary/aromatic N) is 5. The predicted octanol–water partition coefficient (Wildman–Crippen LogP) is 5.13. The highest BCUT2D eigenvalue weighted by atomic mass is 16.2. The van der Waals surface area contributed by atoms with Crippen LogP contribution < -0.4 is 10.6 Å². The number of fused-ring (bicyclic) bond motifs is 1. The average molecular weight is 553 g/mol. The van der Waals surface area contributed by atoms with E-state index in [-0.39, 0.29) is 22.6 Å². The summed E-state index contributed by atoms with van der Waals surface area (Å²) in [5, 5.41) is 10.9. The smallest absolute Gasteiger partial charge is 0.257 e. The number of aromatic amines is 1. The number of aromatic nitrogens is 5. The fourth-order valence-electron chi connectivity index (χ4n) is 5.14. The number of pyridine rings is 2. The molecule has 10 heteroatoms. The summed E-state index contributed by atoms with van der Waals surface area (Å²) in [7, 11) is 1.86. The van der Waals surface area contributed by atoms with Gasteiger partial charge in [0, 0.05) is 47.1 Å². The first-order valence-corrected chi connectivity index (χ1v) is 13.5. The van der Waals surface area contributed by atoms with Crippen molar-refractivity contribution >= 4 is 34.2 Å². The van der Waals surface area contributed by atoms with Crippen molar-refractivity contribution in [3.8, 4) is 11.3 Å². The van der Waals surface area contributed by atoms with Crippen molar-refractivity contribution in [3.63, 3.8) is 0 Å². The number of carbonyl (C=O) groups is 2. The van der Waals surface area contributed by atoms with Gasteiger partial charge in [0.05, 0.1) is 47.3 Å². The van der Waals surface area contributed by atoms with E-state index in [2.05, 4.69) is 47.4 Å². The van der Waals surface area contributed by atoms with E-state index in [1.165, 1.54) is 11.8 Å². The second kappa shape index (κ2) is 11.2. The Morgan fingerprint density at radius 2 is 2.02 bits per heavy atom. The topological polar surface area (TPSA) is 121 Å². The summed E-state index contributed by atoms with van der Waals surface area (Å²) in [6.07, 6.45) is 17.8. The number of anilines is 2. The molecule has 4 aromatic rings. The molecular formula is C31H36N8O2. The molecule has 212 valence electrons. The van der Waals surface area contributed by atoms with Crippen LogP contribution in [0.2, 0.25) is 0 Å². The van der Waals surface area contributed by atoms with Gasteiger partial charge in [-0.15, -0.1) is 5.73 Å². The highest BCUT2D eigenvalue weighted by molar-refractivity contribution is 6.06. The van der Waals surface area contributed by atoms with E-state index in [1.54, 1.807) is 36.1 Å². The van der Waals surface area contributed by atoms with Gasteiger partial charge in [-0.1, -0.05) is 24.3 Å². The molecule has 2 amide bonds. The first kappa shape index (κ1) is 26.2. The van der Waals surface area contributed by atoms with Crippen LogP contribution in [0.1, 0.15) is 26.8 Å². The summed E-state index contributed by atoms with van der Waals surface area (Å²) in [6.45, 7) is 3.75. The van der Waals surface area contributed by atoms with Gasteiger partial charge < -0.3 is 15.6 Å². The van der Waals surface area contributed by atoms with Crippen LogP contribution in [-0.4, -0.2) is 61.1 Å². The molecule has 41 heavy (non-hydrogen) atoms. The third-order valence-corrected chi connectivity index (χ3v) is 7.29. The Balaban J connectivity index is 0.00000176. The Labute approximate surface area is 241 Å². The van der Waals surface area contributed by atoms with Crippen LogP contribution >= 0.6 is 0 Å². The summed E-state index contributed by atoms with van der Waals surface area (Å²) >= 11 is 0. The van der Waals surface area contributed by atoms with E-state index in [1.807, 2.05) is 43.6 Å². The lowest BCUT2D eigenvalue weighted by Crippen LogP contribution is -2.31. The largest absolute Gasteiger partial charge is 0.339 e. The monoisotopic (exact) mass is 552 g/mol. The number of amides is 2. The van der Waals surface area contributed by atoms with Crippen LogP contribution in [0.15, 0.2) is 84.7 Å². The summed E-state index contributed by atoms with van der Waals surface area (Å²) < 4.78 is 1.73. The number of likely N-dealkylation sites (tertiary alicyclic amines) is 1. The molecular weight excluding hydrogens is 516 g/mol. The molecule has 0 aromatic carbocycles. The molecule has 1 atom stereocenters. The maximum Gasteiger partial charge on any atom is 0.257 e. The standard InChI is InChI=1S/C31H30N8O2.3H2/c1-20-27(37-31(41)24-11-23-12-28(36-30(23)33-14-24)25-15-34-38(2)17-25)13-26(16-32-20)35-29(40)19-39-10-9-22(18-39)21-7-5-3-4-6-8-21;;;/h3-7,11-17,22H,9-10,18-19H2,1-2H3,(H,33,36)(H,35,40)(H,37,41);3*1H. The Bertz CT molecular complexity index is 1790. The lowest BCUT2D eigenvalue weighted by molar-refractivity contribution is -0.117. The fraction of sp³-hybridized carbons (Fsp3) is 0.226. The average Bonchev–Trinajstić information content (AvgIpc) is 3.65. The van der Waals surface area contributed by atoms with Crippen LogP contribution in [0.5, 0.6) is 0 Å². The van der Waals surface area contributed by atoms with Gasteiger partial charge >= 0.3 is 0 Å². The van der Waals surface area contributed by atoms with E-state index >= 15 is 0 Å². The van der Waals surface area contributed by atoms with Gasteiger partial charge in [0.15, 0.2) is 0 Å². The number of hydrogen-bond acceptors (Lipinski definition) is 6. The molecule has 6 rings (SSSR count). The minimum absolute atomic E-state index is 0. The number of hydrogen-bond donors (Lipinski definition) is 3. The first-order chi connectivity index (χ1) is 19.9. The summed E-state index contributed by atoms with van der Waals surface area (Å²) in [5.74, 6) is -0.0752. The molecule has 1 aliphatic heterocycles. The van der Waals surface area contributed by atoms with Gasteiger partial charge in [0.25, 0.3) is 5.91 Å². The third-order valence-electron chi connectivity index (χ3n) is 7.29. The zero-order valence-corrected chi connectivity index (χ0v) is 22.9. The van der Waals surface area contributed by atoms with Gasteiger partial charge in [-0.25, -0.2) is 4.98 Å². The number of H-pyrrole nitrogens is 1. The van der Waals surface area contributed by atoms with Crippen molar-refractivity contribution in [2.75, 3.05) is 30.3 Å². The molecule has 0 saturated carbocycles. The van der Waals surface area contributed by atoms with Crippen LogP contribution in [0.25, 0.3) is 22.3 Å². The number of allylic oxidation sites excluding steroid dienone is 4. The number of carbonyl (C=O) groups excluding carboxylic acids is 2. The molecule has 1 saturated heterocycles. The van der Waals surface area contributed by atoms with Crippen LogP contribution in [0.4, 0.5) is 11.4 Å². The fourth-order valence-corrected chi connectivity index (χ4v) is 5.14. The predicted molar refractivity (Wildman–Crippen MR) is 165 cm³/mol.